The van der Waals surface area contributed by atoms with E-state index < -0.39 is 12.0 Å². The average molecular weight is 356 g/mol. The van der Waals surface area contributed by atoms with E-state index >= 15 is 0 Å². The van der Waals surface area contributed by atoms with Gasteiger partial charge in [0.2, 0.25) is 0 Å². The summed E-state index contributed by atoms with van der Waals surface area (Å²) in [7, 11) is 0. The van der Waals surface area contributed by atoms with E-state index in [1.807, 2.05) is 30.3 Å². The number of nitrogens with one attached hydrogen (secondary N) is 2. The highest BCUT2D eigenvalue weighted by Crippen LogP contribution is 2.28. The molecule has 0 aliphatic carbocycles. The summed E-state index contributed by atoms with van der Waals surface area (Å²) < 4.78 is 19.0. The molecule has 1 heterocycles. The van der Waals surface area contributed by atoms with Gasteiger partial charge in [0.15, 0.2) is 5.11 Å². The topological polar surface area (TPSA) is 50.4 Å². The van der Waals surface area contributed by atoms with Gasteiger partial charge in [0.05, 0.1) is 11.6 Å². The quantitative estimate of drug-likeness (QED) is 0.650. The van der Waals surface area contributed by atoms with Gasteiger partial charge in [-0.1, -0.05) is 42.5 Å². The Kier molecular flexibility index (Phi) is 5.09. The van der Waals surface area contributed by atoms with E-state index in [0.29, 0.717) is 21.9 Å². The summed E-state index contributed by atoms with van der Waals surface area (Å²) in [4.78, 5) is 12.7. The first-order valence-corrected chi connectivity index (χ1v) is 8.20. The minimum absolute atomic E-state index is 0.163. The fourth-order valence-electron chi connectivity index (χ4n) is 2.70. The first-order chi connectivity index (χ1) is 12.0. The molecular formula is C19H17FN2O2S. The van der Waals surface area contributed by atoms with Gasteiger partial charge in [-0.3, -0.25) is 0 Å². The van der Waals surface area contributed by atoms with Crippen molar-refractivity contribution in [3.8, 4) is 0 Å². The number of thiocarbonyl (C=S) groups is 1. The molecule has 4 nitrogen and oxygen atoms in total. The van der Waals surface area contributed by atoms with Gasteiger partial charge in [0.25, 0.3) is 0 Å². The molecule has 1 atom stereocenters. The van der Waals surface area contributed by atoms with Crippen molar-refractivity contribution in [2.75, 3.05) is 0 Å². The van der Waals surface area contributed by atoms with E-state index in [0.717, 1.165) is 5.56 Å². The number of hydrogen-bond donors (Lipinski definition) is 2. The minimum atomic E-state index is -0.562. The number of ether oxygens (including phenoxy) is 1. The highest BCUT2D eigenvalue weighted by Gasteiger charge is 2.31. The van der Waals surface area contributed by atoms with E-state index in [-0.39, 0.29) is 12.4 Å². The lowest BCUT2D eigenvalue weighted by atomic mass is 9.95. The molecule has 0 fully saturated rings. The van der Waals surface area contributed by atoms with E-state index in [4.69, 9.17) is 17.0 Å². The van der Waals surface area contributed by atoms with E-state index in [2.05, 4.69) is 10.6 Å². The van der Waals surface area contributed by atoms with Crippen molar-refractivity contribution in [1.29, 1.82) is 0 Å². The molecule has 128 valence electrons. The minimum Gasteiger partial charge on any atom is -0.457 e. The van der Waals surface area contributed by atoms with Crippen LogP contribution in [0.25, 0.3) is 0 Å². The summed E-state index contributed by atoms with van der Waals surface area (Å²) in [5, 5.41) is 6.32. The lowest BCUT2D eigenvalue weighted by Gasteiger charge is -2.29. The standard InChI is InChI=1S/C19H17FN2O2S/c1-12-16(18(23)24-11-13-6-3-2-4-7-13)17(22-19(25)21-12)14-8-5-9-15(20)10-14/h2-10,17H,11H2,1H3,(H2,21,22,25). The number of carbonyl (C=O) groups is 1. The van der Waals surface area contributed by atoms with E-state index in [9.17, 15) is 9.18 Å². The lowest BCUT2D eigenvalue weighted by Crippen LogP contribution is -2.45. The fraction of sp³-hybridized carbons (Fsp3) is 0.158. The summed E-state index contributed by atoms with van der Waals surface area (Å²) in [6, 6.07) is 14.9. The largest absolute Gasteiger partial charge is 0.457 e. The molecule has 0 radical (unpaired) electrons. The van der Waals surface area contributed by atoms with Crippen LogP contribution < -0.4 is 10.6 Å². The zero-order valence-electron chi connectivity index (χ0n) is 13.6. The molecular weight excluding hydrogens is 339 g/mol. The molecule has 0 spiro atoms. The number of halogens is 1. The Labute approximate surface area is 150 Å². The zero-order chi connectivity index (χ0) is 17.8. The second-order valence-electron chi connectivity index (χ2n) is 5.69. The Hall–Kier alpha value is -2.73. The molecule has 1 unspecified atom stereocenters. The highest BCUT2D eigenvalue weighted by molar-refractivity contribution is 7.80. The molecule has 3 rings (SSSR count). The maximum atomic E-state index is 13.6. The molecule has 2 N–H and O–H groups in total. The van der Waals surface area contributed by atoms with Gasteiger partial charge in [0, 0.05) is 5.70 Å². The predicted octanol–water partition coefficient (Wildman–Crippen LogP) is 3.36. The number of benzene rings is 2. The van der Waals surface area contributed by atoms with Crippen LogP contribution in [0.5, 0.6) is 0 Å². The molecule has 0 aromatic heterocycles. The second-order valence-corrected chi connectivity index (χ2v) is 6.10. The summed E-state index contributed by atoms with van der Waals surface area (Å²) in [6.45, 7) is 1.91. The lowest BCUT2D eigenvalue weighted by molar-refractivity contribution is -0.140. The van der Waals surface area contributed by atoms with Crippen molar-refractivity contribution in [3.05, 3.63) is 82.8 Å². The third kappa shape index (κ3) is 4.03. The smallest absolute Gasteiger partial charge is 0.338 e. The Morgan fingerprint density at radius 1 is 1.20 bits per heavy atom. The second kappa shape index (κ2) is 7.44. The van der Waals surface area contributed by atoms with Crippen LogP contribution in [0, 0.1) is 5.82 Å². The first-order valence-electron chi connectivity index (χ1n) is 7.79. The number of hydrogen-bond acceptors (Lipinski definition) is 3. The number of allylic oxidation sites excluding steroid dienone is 1. The van der Waals surface area contributed by atoms with Crippen LogP contribution in [-0.4, -0.2) is 11.1 Å². The van der Waals surface area contributed by atoms with Gasteiger partial charge >= 0.3 is 5.97 Å². The Morgan fingerprint density at radius 2 is 1.96 bits per heavy atom. The van der Waals surface area contributed by atoms with E-state index in [1.54, 1.807) is 19.1 Å². The van der Waals surface area contributed by atoms with Gasteiger partial charge < -0.3 is 15.4 Å². The monoisotopic (exact) mass is 356 g/mol. The van der Waals surface area contributed by atoms with Crippen LogP contribution in [-0.2, 0) is 16.1 Å². The van der Waals surface area contributed by atoms with Gasteiger partial charge in [-0.05, 0) is 42.4 Å². The van der Waals surface area contributed by atoms with Crippen LogP contribution in [0.4, 0.5) is 4.39 Å². The molecule has 25 heavy (non-hydrogen) atoms. The van der Waals surface area contributed by atoms with Crippen molar-refractivity contribution in [3.63, 3.8) is 0 Å². The van der Waals surface area contributed by atoms with Crippen LogP contribution in [0.2, 0.25) is 0 Å². The third-order valence-electron chi connectivity index (χ3n) is 3.88. The van der Waals surface area contributed by atoms with Crippen LogP contribution in [0.15, 0.2) is 65.9 Å². The van der Waals surface area contributed by atoms with Crippen molar-refractivity contribution < 1.29 is 13.9 Å². The number of carbonyl (C=O) groups excluding carboxylic acids is 1. The Balaban J connectivity index is 1.85. The fourth-order valence-corrected chi connectivity index (χ4v) is 2.97. The third-order valence-corrected chi connectivity index (χ3v) is 4.10. The zero-order valence-corrected chi connectivity index (χ0v) is 14.4. The average Bonchev–Trinajstić information content (AvgIpc) is 2.60. The molecule has 0 saturated carbocycles. The normalized spacial score (nSPS) is 16.9. The van der Waals surface area contributed by atoms with Crippen molar-refractivity contribution in [2.24, 2.45) is 0 Å². The van der Waals surface area contributed by atoms with Gasteiger partial charge in [0.1, 0.15) is 12.4 Å². The van der Waals surface area contributed by atoms with Crippen molar-refractivity contribution in [2.45, 2.75) is 19.6 Å². The summed E-state index contributed by atoms with van der Waals surface area (Å²) in [6.07, 6.45) is 0. The van der Waals surface area contributed by atoms with Crippen molar-refractivity contribution >= 4 is 23.3 Å². The molecule has 6 heteroatoms. The van der Waals surface area contributed by atoms with Gasteiger partial charge in [-0.15, -0.1) is 0 Å². The molecule has 0 bridgehead atoms. The molecule has 1 aliphatic rings. The Morgan fingerprint density at radius 3 is 2.68 bits per heavy atom. The van der Waals surface area contributed by atoms with Crippen LogP contribution in [0.3, 0.4) is 0 Å². The van der Waals surface area contributed by atoms with Gasteiger partial charge in [-0.25, -0.2) is 9.18 Å². The first kappa shape index (κ1) is 17.1. The summed E-state index contributed by atoms with van der Waals surface area (Å²) in [5.41, 5.74) is 2.48. The Bertz CT molecular complexity index is 836. The number of rotatable bonds is 4. The molecule has 1 aliphatic heterocycles. The maximum Gasteiger partial charge on any atom is 0.338 e. The van der Waals surface area contributed by atoms with Gasteiger partial charge in [-0.2, -0.15) is 0 Å². The molecule has 0 saturated heterocycles. The predicted molar refractivity (Wildman–Crippen MR) is 96.9 cm³/mol. The van der Waals surface area contributed by atoms with Crippen LogP contribution in [0.1, 0.15) is 24.1 Å². The van der Waals surface area contributed by atoms with Crippen molar-refractivity contribution in [1.82, 2.24) is 10.6 Å². The molecule has 2 aromatic carbocycles. The maximum absolute atomic E-state index is 13.6. The summed E-state index contributed by atoms with van der Waals surface area (Å²) in [5.74, 6) is -0.850. The van der Waals surface area contributed by atoms with E-state index in [1.165, 1.54) is 12.1 Å². The summed E-state index contributed by atoms with van der Waals surface area (Å²) >= 11 is 5.17. The number of esters is 1. The van der Waals surface area contributed by atoms with Crippen LogP contribution >= 0.6 is 12.2 Å². The molecule has 2 aromatic rings. The molecule has 0 amide bonds. The SMILES string of the molecule is CC1=C(C(=O)OCc2ccccc2)C(c2cccc(F)c2)NC(=S)N1. The highest BCUT2D eigenvalue weighted by atomic mass is 32.1.